The Labute approximate surface area is 195 Å². The van der Waals surface area contributed by atoms with Gasteiger partial charge in [0.15, 0.2) is 0 Å². The first-order valence-corrected chi connectivity index (χ1v) is 12.1. The number of hydrogen-bond donors (Lipinski definition) is 1. The van der Waals surface area contributed by atoms with Crippen molar-refractivity contribution in [1.29, 1.82) is 0 Å². The van der Waals surface area contributed by atoms with E-state index in [0.29, 0.717) is 18.4 Å². The molecule has 2 heterocycles. The highest BCUT2D eigenvalue weighted by atomic mass is 16.5. The van der Waals surface area contributed by atoms with Crippen LogP contribution >= 0.6 is 0 Å². The van der Waals surface area contributed by atoms with Crippen molar-refractivity contribution in [3.8, 4) is 0 Å². The quantitative estimate of drug-likeness (QED) is 0.646. The number of nitrogens with one attached hydrogen (secondary N) is 1. The normalized spacial score (nSPS) is 21.4. The van der Waals surface area contributed by atoms with E-state index in [9.17, 15) is 4.79 Å². The van der Waals surface area contributed by atoms with E-state index in [1.54, 1.807) is 7.11 Å². The number of piperazine rings is 1. The van der Waals surface area contributed by atoms with Crippen LogP contribution < -0.4 is 10.2 Å². The second-order valence-electron chi connectivity index (χ2n) is 9.27. The minimum Gasteiger partial charge on any atom is -0.501 e. The van der Waals surface area contributed by atoms with Crippen molar-refractivity contribution in [2.24, 2.45) is 5.92 Å². The highest BCUT2D eigenvalue weighted by Crippen LogP contribution is 2.44. The van der Waals surface area contributed by atoms with Crippen LogP contribution in [0.15, 0.2) is 42.3 Å². The average molecular weight is 448 g/mol. The van der Waals surface area contributed by atoms with Crippen LogP contribution in [-0.4, -0.2) is 61.0 Å². The van der Waals surface area contributed by atoms with Crippen LogP contribution in [0.1, 0.15) is 42.9 Å². The lowest BCUT2D eigenvalue weighted by molar-refractivity contribution is -0.108. The summed E-state index contributed by atoms with van der Waals surface area (Å²) in [6, 6.07) is 8.46. The summed E-state index contributed by atoms with van der Waals surface area (Å²) in [4.78, 5) is 24.9. The number of hydrogen-bond acceptors (Lipinski definition) is 7. The number of allylic oxidation sites excluding steroid dienone is 2. The summed E-state index contributed by atoms with van der Waals surface area (Å²) in [5, 5.41) is 3.40. The van der Waals surface area contributed by atoms with Crippen LogP contribution in [-0.2, 0) is 16.0 Å². The van der Waals surface area contributed by atoms with Gasteiger partial charge in [0.25, 0.3) is 0 Å². The fourth-order valence-electron chi connectivity index (χ4n) is 5.51. The molecule has 1 aliphatic heterocycles. The number of anilines is 3. The first kappa shape index (κ1) is 21.9. The van der Waals surface area contributed by atoms with Crippen molar-refractivity contribution < 1.29 is 9.53 Å². The lowest BCUT2D eigenvalue weighted by atomic mass is 9.81. The molecule has 33 heavy (non-hydrogen) atoms. The van der Waals surface area contributed by atoms with Gasteiger partial charge in [-0.25, -0.2) is 9.97 Å². The molecule has 0 radical (unpaired) electrons. The molecule has 0 amide bonds. The van der Waals surface area contributed by atoms with Crippen LogP contribution in [0, 0.1) is 5.92 Å². The molecule has 0 bridgehead atoms. The Morgan fingerprint density at radius 2 is 1.88 bits per heavy atom. The lowest BCUT2D eigenvalue weighted by Crippen LogP contribution is -2.46. The van der Waals surface area contributed by atoms with Crippen LogP contribution in [0.5, 0.6) is 0 Å². The lowest BCUT2D eigenvalue weighted by Gasteiger charge is -2.35. The minimum atomic E-state index is 0.241. The van der Waals surface area contributed by atoms with Crippen molar-refractivity contribution in [2.75, 3.05) is 50.1 Å². The van der Waals surface area contributed by atoms with Crippen molar-refractivity contribution in [1.82, 2.24) is 14.9 Å². The summed E-state index contributed by atoms with van der Waals surface area (Å²) in [6.07, 6.45) is 11.1. The van der Waals surface area contributed by atoms with Gasteiger partial charge in [0.2, 0.25) is 5.95 Å². The van der Waals surface area contributed by atoms with E-state index in [1.165, 1.54) is 36.9 Å². The van der Waals surface area contributed by atoms with E-state index in [1.807, 2.05) is 6.20 Å². The maximum absolute atomic E-state index is 10.7. The number of ether oxygens (including phenoxy) is 1. The smallest absolute Gasteiger partial charge is 0.227 e. The Hall–Kier alpha value is -2.93. The molecule has 1 saturated carbocycles. The van der Waals surface area contributed by atoms with Gasteiger partial charge in [0.1, 0.15) is 12.0 Å². The van der Waals surface area contributed by atoms with Gasteiger partial charge < -0.3 is 19.7 Å². The van der Waals surface area contributed by atoms with Gasteiger partial charge in [0.05, 0.1) is 25.3 Å². The summed E-state index contributed by atoms with van der Waals surface area (Å²) in [7, 11) is 1.78. The topological polar surface area (TPSA) is 70.6 Å². The number of carbonyl (C=O) groups is 1. The third kappa shape index (κ3) is 4.74. The number of aldehydes is 1. The predicted molar refractivity (Wildman–Crippen MR) is 130 cm³/mol. The van der Waals surface area contributed by atoms with E-state index in [2.05, 4.69) is 50.4 Å². The maximum Gasteiger partial charge on any atom is 0.227 e. The van der Waals surface area contributed by atoms with E-state index in [0.717, 1.165) is 56.0 Å². The van der Waals surface area contributed by atoms with Crippen LogP contribution in [0.3, 0.4) is 0 Å². The minimum absolute atomic E-state index is 0.241. The molecule has 1 saturated heterocycles. The Kier molecular flexibility index (Phi) is 6.58. The SMILES string of the molecule is COC1=CCc2cnc(Nc3ccc(N4CCN(CC=O)CC4)cc3)nc2C1C1CCCC1. The van der Waals surface area contributed by atoms with E-state index >= 15 is 0 Å². The van der Waals surface area contributed by atoms with Gasteiger partial charge in [-0.2, -0.15) is 0 Å². The molecule has 7 nitrogen and oxygen atoms in total. The van der Waals surface area contributed by atoms with Crippen molar-refractivity contribution in [2.45, 2.75) is 38.0 Å². The standard InChI is InChI=1S/C26H33N5O2/c1-33-23-11-6-20-18-27-26(29-25(20)24(23)19-4-2-3-5-19)28-21-7-9-22(10-8-21)31-14-12-30(13-15-31)16-17-32/h7-11,17-19,24H,2-6,12-16H2,1H3,(H,27,28,29). The van der Waals surface area contributed by atoms with Gasteiger partial charge in [-0.15, -0.1) is 0 Å². The highest BCUT2D eigenvalue weighted by Gasteiger charge is 2.35. The van der Waals surface area contributed by atoms with Crippen molar-refractivity contribution >= 4 is 23.6 Å². The number of aromatic nitrogens is 2. The number of rotatable bonds is 7. The fraction of sp³-hybridized carbons (Fsp3) is 0.500. The zero-order chi connectivity index (χ0) is 22.6. The Morgan fingerprint density at radius 3 is 2.58 bits per heavy atom. The van der Waals surface area contributed by atoms with Crippen LogP contribution in [0.4, 0.5) is 17.3 Å². The second-order valence-corrected chi connectivity index (χ2v) is 9.27. The summed E-state index contributed by atoms with van der Waals surface area (Å²) >= 11 is 0. The number of methoxy groups -OCH3 is 1. The molecule has 5 rings (SSSR count). The predicted octanol–water partition coefficient (Wildman–Crippen LogP) is 3.90. The fourth-order valence-corrected chi connectivity index (χ4v) is 5.51. The average Bonchev–Trinajstić information content (AvgIpc) is 3.39. The molecular weight excluding hydrogens is 414 g/mol. The molecule has 0 spiro atoms. The summed E-state index contributed by atoms with van der Waals surface area (Å²) in [6.45, 7) is 4.24. The molecule has 2 fully saturated rings. The van der Waals surface area contributed by atoms with Crippen LogP contribution in [0.25, 0.3) is 0 Å². The Morgan fingerprint density at radius 1 is 1.12 bits per heavy atom. The Balaban J connectivity index is 1.29. The Bertz CT molecular complexity index is 992. The summed E-state index contributed by atoms with van der Waals surface area (Å²) in [5.41, 5.74) is 4.52. The molecular formula is C26H33N5O2. The third-order valence-corrected chi connectivity index (χ3v) is 7.32. The molecule has 1 unspecified atom stereocenters. The molecule has 3 aliphatic rings. The van der Waals surface area contributed by atoms with E-state index < -0.39 is 0 Å². The van der Waals surface area contributed by atoms with E-state index in [4.69, 9.17) is 9.72 Å². The molecule has 1 N–H and O–H groups in total. The third-order valence-electron chi connectivity index (χ3n) is 7.32. The number of fused-ring (bicyclic) bond motifs is 1. The maximum atomic E-state index is 10.7. The summed E-state index contributed by atoms with van der Waals surface area (Å²) < 4.78 is 5.78. The first-order valence-electron chi connectivity index (χ1n) is 12.1. The monoisotopic (exact) mass is 447 g/mol. The molecule has 1 aromatic carbocycles. The summed E-state index contributed by atoms with van der Waals surface area (Å²) in [5.74, 6) is 2.55. The number of nitrogens with zero attached hydrogens (tertiary/aromatic N) is 4. The van der Waals surface area contributed by atoms with Crippen LogP contribution in [0.2, 0.25) is 0 Å². The van der Waals surface area contributed by atoms with Gasteiger partial charge in [0, 0.05) is 43.8 Å². The first-order chi connectivity index (χ1) is 16.2. The van der Waals surface area contributed by atoms with Gasteiger partial charge in [-0.3, -0.25) is 4.90 Å². The molecule has 1 atom stereocenters. The molecule has 174 valence electrons. The van der Waals surface area contributed by atoms with Gasteiger partial charge in [-0.05, 0) is 61.1 Å². The largest absolute Gasteiger partial charge is 0.501 e. The van der Waals surface area contributed by atoms with E-state index in [-0.39, 0.29) is 5.92 Å². The molecule has 7 heteroatoms. The van der Waals surface area contributed by atoms with Crippen molar-refractivity contribution in [3.63, 3.8) is 0 Å². The zero-order valence-corrected chi connectivity index (χ0v) is 19.4. The zero-order valence-electron chi connectivity index (χ0n) is 19.4. The number of benzene rings is 1. The molecule has 2 aliphatic carbocycles. The molecule has 2 aromatic rings. The highest BCUT2D eigenvalue weighted by molar-refractivity contribution is 5.60. The molecule has 1 aromatic heterocycles. The van der Waals surface area contributed by atoms with Gasteiger partial charge in [-0.1, -0.05) is 12.8 Å². The second kappa shape index (κ2) is 9.91. The van der Waals surface area contributed by atoms with Crippen molar-refractivity contribution in [3.05, 3.63) is 53.6 Å². The number of carbonyl (C=O) groups excluding carboxylic acids is 1. The van der Waals surface area contributed by atoms with Gasteiger partial charge >= 0.3 is 0 Å².